The number of amides is 1. The number of aliphatic hydroxyl groups excluding tert-OH is 1. The van der Waals surface area contributed by atoms with Gasteiger partial charge in [-0.05, 0) is 35.1 Å². The average molecular weight is 323 g/mol. The van der Waals surface area contributed by atoms with E-state index in [1.165, 1.54) is 22.3 Å². The van der Waals surface area contributed by atoms with Gasteiger partial charge in [-0.1, -0.05) is 48.5 Å². The summed E-state index contributed by atoms with van der Waals surface area (Å²) in [5, 5.41) is 9.15. The van der Waals surface area contributed by atoms with Crippen LogP contribution in [-0.2, 0) is 4.74 Å². The average Bonchev–Trinajstić information content (AvgIpc) is 3.40. The Morgan fingerprint density at radius 1 is 1.04 bits per heavy atom. The summed E-state index contributed by atoms with van der Waals surface area (Å²) in [5.41, 5.74) is 4.88. The number of rotatable bonds is 5. The third kappa shape index (κ3) is 2.67. The van der Waals surface area contributed by atoms with Crippen LogP contribution >= 0.6 is 0 Å². The number of carbonyl (C=O) groups is 1. The Morgan fingerprint density at radius 3 is 2.17 bits per heavy atom. The van der Waals surface area contributed by atoms with E-state index >= 15 is 0 Å². The highest BCUT2D eigenvalue weighted by atomic mass is 16.6. The molecule has 1 saturated carbocycles. The Bertz CT molecular complexity index is 709. The number of fused-ring (bicyclic) bond motifs is 3. The molecule has 124 valence electrons. The van der Waals surface area contributed by atoms with E-state index in [-0.39, 0.29) is 24.7 Å². The van der Waals surface area contributed by atoms with E-state index in [1.807, 2.05) is 24.3 Å². The van der Waals surface area contributed by atoms with Crippen molar-refractivity contribution < 1.29 is 14.6 Å². The lowest BCUT2D eigenvalue weighted by atomic mass is 9.98. The van der Waals surface area contributed by atoms with Crippen molar-refractivity contribution in [1.29, 1.82) is 0 Å². The van der Waals surface area contributed by atoms with Gasteiger partial charge in [0.15, 0.2) is 0 Å². The molecule has 0 atom stereocenters. The van der Waals surface area contributed by atoms with Gasteiger partial charge in [0, 0.05) is 18.5 Å². The van der Waals surface area contributed by atoms with Gasteiger partial charge in [-0.25, -0.2) is 4.79 Å². The summed E-state index contributed by atoms with van der Waals surface area (Å²) in [6.45, 7) is 0.656. The molecule has 1 N–H and O–H groups in total. The summed E-state index contributed by atoms with van der Waals surface area (Å²) >= 11 is 0. The third-order valence-corrected chi connectivity index (χ3v) is 4.90. The fourth-order valence-electron chi connectivity index (χ4n) is 3.59. The molecule has 2 aromatic rings. The molecule has 24 heavy (non-hydrogen) atoms. The molecule has 1 amide bonds. The zero-order valence-electron chi connectivity index (χ0n) is 13.5. The van der Waals surface area contributed by atoms with Crippen LogP contribution in [0.5, 0.6) is 0 Å². The summed E-state index contributed by atoms with van der Waals surface area (Å²) < 4.78 is 5.63. The minimum Gasteiger partial charge on any atom is -0.448 e. The molecule has 0 aromatic heterocycles. The summed E-state index contributed by atoms with van der Waals surface area (Å²) in [7, 11) is 0. The Morgan fingerprint density at radius 2 is 1.62 bits per heavy atom. The van der Waals surface area contributed by atoms with Gasteiger partial charge in [0.25, 0.3) is 0 Å². The molecule has 4 heteroatoms. The first-order valence-electron chi connectivity index (χ1n) is 8.52. The van der Waals surface area contributed by atoms with Gasteiger partial charge in [0.2, 0.25) is 0 Å². The number of aliphatic hydroxyl groups is 1. The van der Waals surface area contributed by atoms with Crippen LogP contribution in [0.2, 0.25) is 0 Å². The largest absolute Gasteiger partial charge is 0.448 e. The number of benzene rings is 2. The number of hydrogen-bond acceptors (Lipinski definition) is 3. The van der Waals surface area contributed by atoms with Gasteiger partial charge in [0.05, 0.1) is 6.61 Å². The van der Waals surface area contributed by atoms with Gasteiger partial charge < -0.3 is 14.7 Å². The van der Waals surface area contributed by atoms with Crippen LogP contribution in [0.3, 0.4) is 0 Å². The minimum absolute atomic E-state index is 0.0271. The first kappa shape index (κ1) is 15.2. The lowest BCUT2D eigenvalue weighted by Crippen LogP contribution is -2.36. The van der Waals surface area contributed by atoms with Gasteiger partial charge in [0.1, 0.15) is 6.61 Å². The molecular formula is C20H21NO3. The van der Waals surface area contributed by atoms with Crippen LogP contribution < -0.4 is 0 Å². The number of nitrogens with zero attached hydrogens (tertiary/aromatic N) is 1. The quantitative estimate of drug-likeness (QED) is 0.917. The van der Waals surface area contributed by atoms with Crippen LogP contribution in [0.25, 0.3) is 11.1 Å². The summed E-state index contributed by atoms with van der Waals surface area (Å²) in [6, 6.07) is 16.9. The van der Waals surface area contributed by atoms with Crippen LogP contribution in [0.1, 0.15) is 29.9 Å². The zero-order valence-corrected chi connectivity index (χ0v) is 13.5. The van der Waals surface area contributed by atoms with E-state index in [9.17, 15) is 4.79 Å². The summed E-state index contributed by atoms with van der Waals surface area (Å²) in [4.78, 5) is 14.0. The van der Waals surface area contributed by atoms with Crippen molar-refractivity contribution in [3.05, 3.63) is 59.7 Å². The highest BCUT2D eigenvalue weighted by Gasteiger charge is 2.34. The van der Waals surface area contributed by atoms with E-state index in [0.29, 0.717) is 13.2 Å². The fraction of sp³-hybridized carbons (Fsp3) is 0.350. The number of ether oxygens (including phenoxy) is 1. The molecule has 0 radical (unpaired) electrons. The summed E-state index contributed by atoms with van der Waals surface area (Å²) in [5.74, 6) is 0.0801. The van der Waals surface area contributed by atoms with E-state index in [4.69, 9.17) is 9.84 Å². The van der Waals surface area contributed by atoms with E-state index in [0.717, 1.165) is 12.8 Å². The number of hydrogen-bond donors (Lipinski definition) is 1. The van der Waals surface area contributed by atoms with Crippen molar-refractivity contribution in [2.75, 3.05) is 19.8 Å². The Hall–Kier alpha value is -2.33. The SMILES string of the molecule is O=C(OCC1c2ccccc2-c2ccccc21)N(CCO)C1CC1. The molecule has 4 nitrogen and oxygen atoms in total. The molecule has 2 aliphatic carbocycles. The van der Waals surface area contributed by atoms with Crippen LogP contribution in [0.15, 0.2) is 48.5 Å². The Kier molecular flexibility index (Phi) is 3.98. The van der Waals surface area contributed by atoms with Gasteiger partial charge in [-0.2, -0.15) is 0 Å². The minimum atomic E-state index is -0.312. The predicted octanol–water partition coefficient (Wildman–Crippen LogP) is 3.39. The molecule has 2 aromatic carbocycles. The molecule has 0 heterocycles. The van der Waals surface area contributed by atoms with E-state index < -0.39 is 0 Å². The standard InChI is InChI=1S/C20H21NO3/c22-12-11-21(14-9-10-14)20(23)24-13-19-17-7-3-1-5-15(17)16-6-2-4-8-18(16)19/h1-8,14,19,22H,9-13H2. The second-order valence-corrected chi connectivity index (χ2v) is 6.45. The smallest absolute Gasteiger partial charge is 0.410 e. The van der Waals surface area contributed by atoms with Crippen LogP contribution in [0, 0.1) is 0 Å². The molecule has 0 spiro atoms. The first-order valence-corrected chi connectivity index (χ1v) is 8.52. The maximum absolute atomic E-state index is 12.4. The van der Waals surface area contributed by atoms with Crippen molar-refractivity contribution >= 4 is 6.09 Å². The van der Waals surface area contributed by atoms with Gasteiger partial charge >= 0.3 is 6.09 Å². The highest BCUT2D eigenvalue weighted by molar-refractivity contribution is 5.79. The van der Waals surface area contributed by atoms with E-state index in [2.05, 4.69) is 24.3 Å². The predicted molar refractivity (Wildman–Crippen MR) is 91.9 cm³/mol. The maximum atomic E-state index is 12.4. The highest BCUT2D eigenvalue weighted by Crippen LogP contribution is 2.44. The Labute approximate surface area is 141 Å². The topological polar surface area (TPSA) is 49.8 Å². The maximum Gasteiger partial charge on any atom is 0.410 e. The lowest BCUT2D eigenvalue weighted by Gasteiger charge is -2.22. The molecule has 0 unspecified atom stereocenters. The summed E-state index contributed by atoms with van der Waals surface area (Å²) in [6.07, 6.45) is 1.70. The monoisotopic (exact) mass is 323 g/mol. The van der Waals surface area contributed by atoms with Crippen molar-refractivity contribution in [3.63, 3.8) is 0 Å². The van der Waals surface area contributed by atoms with Crippen molar-refractivity contribution in [2.45, 2.75) is 24.8 Å². The van der Waals surface area contributed by atoms with Crippen LogP contribution in [-0.4, -0.2) is 41.9 Å². The second kappa shape index (κ2) is 6.29. The number of carbonyl (C=O) groups excluding carboxylic acids is 1. The van der Waals surface area contributed by atoms with Gasteiger partial charge in [-0.3, -0.25) is 0 Å². The molecule has 2 aliphatic rings. The fourth-order valence-corrected chi connectivity index (χ4v) is 3.59. The van der Waals surface area contributed by atoms with Crippen molar-refractivity contribution in [2.24, 2.45) is 0 Å². The second-order valence-electron chi connectivity index (χ2n) is 6.45. The van der Waals surface area contributed by atoms with E-state index in [1.54, 1.807) is 4.90 Å². The van der Waals surface area contributed by atoms with Crippen LogP contribution in [0.4, 0.5) is 4.79 Å². The van der Waals surface area contributed by atoms with Gasteiger partial charge in [-0.15, -0.1) is 0 Å². The Balaban J connectivity index is 1.53. The first-order chi connectivity index (χ1) is 11.8. The molecule has 1 fully saturated rings. The van der Waals surface area contributed by atoms with Crippen molar-refractivity contribution in [1.82, 2.24) is 4.90 Å². The zero-order chi connectivity index (χ0) is 16.5. The molecule has 4 rings (SSSR count). The molecule has 0 aliphatic heterocycles. The molecule has 0 bridgehead atoms. The third-order valence-electron chi connectivity index (χ3n) is 4.90. The lowest BCUT2D eigenvalue weighted by molar-refractivity contribution is 0.0890. The van der Waals surface area contributed by atoms with Crippen molar-refractivity contribution in [3.8, 4) is 11.1 Å². The molecular weight excluding hydrogens is 302 g/mol. The molecule has 0 saturated heterocycles. The normalized spacial score (nSPS) is 15.7.